The lowest BCUT2D eigenvalue weighted by Crippen LogP contribution is -2.72. The number of hydrogen-bond acceptors (Lipinski definition) is 4. The zero-order chi connectivity index (χ0) is 21.6. The molecule has 2 atom stereocenters. The van der Waals surface area contributed by atoms with Crippen LogP contribution in [0.1, 0.15) is 32.8 Å². The molecule has 1 N–H and O–H groups in total. The van der Waals surface area contributed by atoms with Gasteiger partial charge in [0.05, 0.1) is 26.3 Å². The van der Waals surface area contributed by atoms with E-state index in [4.69, 9.17) is 9.16 Å². The van der Waals surface area contributed by atoms with E-state index in [1.54, 1.807) is 12.0 Å². The van der Waals surface area contributed by atoms with Gasteiger partial charge >= 0.3 is 6.09 Å². The van der Waals surface area contributed by atoms with Crippen LogP contribution in [0.3, 0.4) is 0 Å². The number of likely N-dealkylation sites (tertiary alicyclic amines) is 2. The average molecular weight is 421 g/mol. The lowest BCUT2D eigenvalue weighted by molar-refractivity contribution is -0.160. The third-order valence-corrected chi connectivity index (χ3v) is 11.2. The van der Waals surface area contributed by atoms with Crippen LogP contribution < -0.4 is 4.74 Å². The van der Waals surface area contributed by atoms with Gasteiger partial charge in [0, 0.05) is 13.0 Å². The summed E-state index contributed by atoms with van der Waals surface area (Å²) in [6, 6.07) is 7.56. The number of rotatable bonds is 5. The number of methoxy groups -OCH3 is 1. The maximum absolute atomic E-state index is 13.1. The Hall–Kier alpha value is -2.06. The van der Waals surface area contributed by atoms with E-state index in [1.165, 1.54) is 4.90 Å². The zero-order valence-electron chi connectivity index (χ0n) is 18.2. The van der Waals surface area contributed by atoms with Crippen LogP contribution in [0.25, 0.3) is 0 Å². The van der Waals surface area contributed by atoms with Crippen LogP contribution in [0.4, 0.5) is 4.79 Å². The molecule has 8 heteroatoms. The minimum Gasteiger partial charge on any atom is -0.497 e. The van der Waals surface area contributed by atoms with E-state index in [9.17, 15) is 14.7 Å². The van der Waals surface area contributed by atoms with Crippen molar-refractivity contribution in [3.05, 3.63) is 29.8 Å². The predicted octanol–water partition coefficient (Wildman–Crippen LogP) is 3.55. The minimum atomic E-state index is -2.05. The monoisotopic (exact) mass is 420 g/mol. The smallest absolute Gasteiger partial charge is 0.408 e. The van der Waals surface area contributed by atoms with Gasteiger partial charge in [0.2, 0.25) is 0 Å². The predicted molar refractivity (Wildman–Crippen MR) is 113 cm³/mol. The summed E-state index contributed by atoms with van der Waals surface area (Å²) in [5.41, 5.74) is 0.00802. The number of β-lactam (4-membered cyclic amide) rings is 1. The second-order valence-corrected chi connectivity index (χ2v) is 14.4. The Morgan fingerprint density at radius 3 is 2.38 bits per heavy atom. The molecular formula is C21H32N2O5Si. The lowest BCUT2D eigenvalue weighted by Gasteiger charge is -2.50. The maximum Gasteiger partial charge on any atom is 0.408 e. The van der Waals surface area contributed by atoms with Crippen LogP contribution in [0, 0.1) is 0 Å². The van der Waals surface area contributed by atoms with E-state index >= 15 is 0 Å². The van der Waals surface area contributed by atoms with Crippen LogP contribution in [0.5, 0.6) is 5.75 Å². The van der Waals surface area contributed by atoms with Crippen molar-refractivity contribution in [2.75, 3.05) is 20.2 Å². The van der Waals surface area contributed by atoms with Gasteiger partial charge in [-0.2, -0.15) is 0 Å². The van der Waals surface area contributed by atoms with Gasteiger partial charge < -0.3 is 19.2 Å². The van der Waals surface area contributed by atoms with E-state index in [0.29, 0.717) is 19.5 Å². The normalized spacial score (nSPS) is 24.8. The van der Waals surface area contributed by atoms with Crippen molar-refractivity contribution in [3.8, 4) is 5.75 Å². The highest BCUT2D eigenvalue weighted by Gasteiger charge is 2.63. The largest absolute Gasteiger partial charge is 0.497 e. The third kappa shape index (κ3) is 3.87. The molecule has 2 saturated heterocycles. The molecule has 1 aromatic carbocycles. The molecule has 0 bridgehead atoms. The van der Waals surface area contributed by atoms with Crippen molar-refractivity contribution in [3.63, 3.8) is 0 Å². The van der Waals surface area contributed by atoms with Crippen molar-refractivity contribution < 1.29 is 23.9 Å². The number of amides is 2. The van der Waals surface area contributed by atoms with E-state index in [-0.39, 0.29) is 23.6 Å². The van der Waals surface area contributed by atoms with E-state index in [0.717, 1.165) is 11.3 Å². The molecule has 0 saturated carbocycles. The molecule has 1 aromatic rings. The molecule has 2 amide bonds. The molecule has 0 aromatic heterocycles. The van der Waals surface area contributed by atoms with Gasteiger partial charge in [-0.05, 0) is 35.8 Å². The fourth-order valence-corrected chi connectivity index (χ4v) is 5.30. The first-order valence-corrected chi connectivity index (χ1v) is 12.9. The van der Waals surface area contributed by atoms with Crippen molar-refractivity contribution in [2.45, 2.75) is 63.5 Å². The molecule has 0 unspecified atom stereocenters. The Balaban J connectivity index is 1.71. The number of carbonyl (C=O) groups excluding carboxylic acids is 1. The summed E-state index contributed by atoms with van der Waals surface area (Å²) in [6.45, 7) is 11.9. The molecule has 29 heavy (non-hydrogen) atoms. The highest BCUT2D eigenvalue weighted by molar-refractivity contribution is 6.74. The minimum absolute atomic E-state index is 0.0286. The van der Waals surface area contributed by atoms with E-state index in [2.05, 4.69) is 33.9 Å². The standard InChI is InChI=1S/C21H32N2O5Si/c1-20(2,3)29(5,6)28-17-11-21(23(13-17)19(25)26)14-22(18(21)24)12-15-7-9-16(27-4)10-8-15/h7-10,17H,11-14H2,1-6H3,(H,25,26)/t17-,21-/m1/s1. The van der Waals surface area contributed by atoms with Crippen molar-refractivity contribution in [1.82, 2.24) is 9.80 Å². The molecule has 3 rings (SSSR count). The van der Waals surface area contributed by atoms with Crippen molar-refractivity contribution in [2.24, 2.45) is 0 Å². The topological polar surface area (TPSA) is 79.3 Å². The van der Waals surface area contributed by atoms with Gasteiger partial charge in [0.15, 0.2) is 8.32 Å². The Labute approximate surface area is 173 Å². The number of benzene rings is 1. The van der Waals surface area contributed by atoms with Crippen LogP contribution in [-0.2, 0) is 15.8 Å². The Morgan fingerprint density at radius 1 is 1.28 bits per heavy atom. The van der Waals surface area contributed by atoms with Crippen LogP contribution in [-0.4, -0.2) is 67.1 Å². The maximum atomic E-state index is 13.1. The van der Waals surface area contributed by atoms with Gasteiger partial charge in [0.1, 0.15) is 11.3 Å². The Kier molecular flexibility index (Phi) is 5.46. The van der Waals surface area contributed by atoms with E-state index < -0.39 is 19.9 Å². The molecule has 2 aliphatic rings. The quantitative estimate of drug-likeness (QED) is 0.582. The lowest BCUT2D eigenvalue weighted by atomic mass is 9.85. The number of carbonyl (C=O) groups is 2. The summed E-state index contributed by atoms with van der Waals surface area (Å²) in [5.74, 6) is 0.635. The molecule has 2 aliphatic heterocycles. The molecule has 0 radical (unpaired) electrons. The molecule has 0 aliphatic carbocycles. The van der Waals surface area contributed by atoms with Gasteiger partial charge in [0.25, 0.3) is 5.91 Å². The number of hydrogen-bond donors (Lipinski definition) is 1. The zero-order valence-corrected chi connectivity index (χ0v) is 19.2. The summed E-state index contributed by atoms with van der Waals surface area (Å²) >= 11 is 0. The summed E-state index contributed by atoms with van der Waals surface area (Å²) in [7, 11) is -0.439. The van der Waals surface area contributed by atoms with Crippen LogP contribution >= 0.6 is 0 Å². The SMILES string of the molecule is COc1ccc(CN2C[C@]3(C[C@@H](O[Si](C)(C)C(C)(C)C)CN3C(=O)O)C2=O)cc1. The summed E-state index contributed by atoms with van der Waals surface area (Å²) < 4.78 is 11.6. The summed E-state index contributed by atoms with van der Waals surface area (Å²) in [4.78, 5) is 28.0. The molecule has 2 fully saturated rings. The fraction of sp³-hybridized carbons (Fsp3) is 0.619. The van der Waals surface area contributed by atoms with E-state index in [1.807, 2.05) is 24.3 Å². The van der Waals surface area contributed by atoms with Gasteiger partial charge in [-0.15, -0.1) is 0 Å². The number of carboxylic acid groups (broad SMARTS) is 1. The second-order valence-electron chi connectivity index (χ2n) is 9.64. The van der Waals surface area contributed by atoms with Crippen LogP contribution in [0.15, 0.2) is 24.3 Å². The first-order chi connectivity index (χ1) is 13.4. The first-order valence-electron chi connectivity index (χ1n) is 10.0. The highest BCUT2D eigenvalue weighted by atomic mass is 28.4. The van der Waals surface area contributed by atoms with Crippen LogP contribution in [0.2, 0.25) is 18.1 Å². The molecule has 7 nitrogen and oxygen atoms in total. The molecule has 2 heterocycles. The fourth-order valence-electron chi connectivity index (χ4n) is 3.95. The van der Waals surface area contributed by atoms with Crippen molar-refractivity contribution in [1.29, 1.82) is 0 Å². The highest BCUT2D eigenvalue weighted by Crippen LogP contribution is 2.44. The third-order valence-electron chi connectivity index (χ3n) is 6.64. The number of nitrogens with zero attached hydrogens (tertiary/aromatic N) is 2. The summed E-state index contributed by atoms with van der Waals surface area (Å²) in [6.07, 6.45) is -0.855. The molecule has 1 spiro atoms. The molecule has 160 valence electrons. The van der Waals surface area contributed by atoms with Gasteiger partial charge in [-0.3, -0.25) is 9.69 Å². The van der Waals surface area contributed by atoms with Crippen molar-refractivity contribution >= 4 is 20.3 Å². The van der Waals surface area contributed by atoms with Gasteiger partial charge in [-0.1, -0.05) is 32.9 Å². The second kappa shape index (κ2) is 7.32. The Bertz CT molecular complexity index is 789. The average Bonchev–Trinajstić information content (AvgIpc) is 3.01. The molecular weight excluding hydrogens is 388 g/mol. The van der Waals surface area contributed by atoms with Gasteiger partial charge in [-0.25, -0.2) is 4.79 Å². The number of ether oxygens (including phenoxy) is 1. The summed E-state index contributed by atoms with van der Waals surface area (Å²) in [5, 5.41) is 9.77. The Morgan fingerprint density at radius 2 is 1.90 bits per heavy atom. The first kappa shape index (κ1) is 21.6.